The van der Waals surface area contributed by atoms with E-state index >= 15 is 0 Å². The maximum atomic E-state index is 13.1. The third-order valence-corrected chi connectivity index (χ3v) is 21.2. The fraction of sp³-hybridized carbons (Fsp3) is 0.653. The SMILES string of the molecule is CC/C=C\C/C=C\C/C=C\C/C=C\C/C=C\C/C=C\CCCCCCCCCCCCCCCCC(=O)OCC(O)COP(=O)(O)OCC(O)COP(=O)(O)OCC(COC(=O)CCCCCCCCCCCCCCC/C=C\C/C=C\C/C=C\C/C=C\C/C=C\CC)OC(=O)CCCCCCC/C=C\C/C=C\C/C=C\C/C=C\C/C=C\CC. The molecule has 0 aromatic carbocycles. The number of hydrogen-bond acceptors (Lipinski definition) is 14. The Balaban J connectivity index is 4.59. The van der Waals surface area contributed by atoms with Gasteiger partial charge in [-0.1, -0.05) is 382 Å². The lowest BCUT2D eigenvalue weighted by molar-refractivity contribution is -0.161. The number of unbranched alkanes of at least 4 members (excludes halogenated alkanes) is 32. The van der Waals surface area contributed by atoms with Gasteiger partial charge >= 0.3 is 33.6 Å². The monoisotopic (exact) mass is 1700 g/mol. The molecule has 0 aromatic rings. The molecule has 0 amide bonds. The standard InChI is InChI=1S/C101H168O16P2/c1-4-7-10-13-16-19-22-25-28-31-34-37-39-41-43-45-46-47-48-50-52-53-55-58-60-63-66-69-72-75-78-81-84-87-99(104)111-90-96(102)91-113-118(107,108)114-92-97(103)93-115-119(109,110)116-95-98(117-101(106)89-86-83-80-77-74-71-68-65-62-57-36-33-30-27-24-21-18-15-12-9-6-3)94-112-100(105)88-85-82-79-76-73-70-67-64-61-59-56-54-51-49-44-42-40-38-35-32-29-26-23-20-17-14-11-8-5-2/h7-12,16-21,25-30,34-38,41-44,46-47,57,65,68,96-98,102-103H,4-6,13-15,22-24,31-33,39-40,45,48-56,58-64,66-67,69-95H2,1-3H3,(H,107,108)(H,109,110)/b10-7-,11-8-,12-9-,19-16-,20-17-,21-18-,28-25-,29-26-,30-27-,37-34-,38-35-,43-41-,44-42-,47-46-,57-36-,68-65-. The molecule has 119 heavy (non-hydrogen) atoms. The van der Waals surface area contributed by atoms with Crippen LogP contribution < -0.4 is 0 Å². The summed E-state index contributed by atoms with van der Waals surface area (Å²) in [4.78, 5) is 59.0. The summed E-state index contributed by atoms with van der Waals surface area (Å²) in [5.74, 6) is -1.60. The van der Waals surface area contributed by atoms with Gasteiger partial charge in [0, 0.05) is 19.3 Å². The van der Waals surface area contributed by atoms with Gasteiger partial charge in [0.1, 0.15) is 25.4 Å². The molecule has 18 heteroatoms. The Bertz CT molecular complexity index is 2940. The molecule has 0 rings (SSSR count). The zero-order chi connectivity index (χ0) is 86.5. The highest BCUT2D eigenvalue weighted by Gasteiger charge is 2.29. The van der Waals surface area contributed by atoms with Crippen molar-refractivity contribution in [2.75, 3.05) is 39.6 Å². The van der Waals surface area contributed by atoms with E-state index in [1.807, 2.05) is 0 Å². The summed E-state index contributed by atoms with van der Waals surface area (Å²) in [6, 6.07) is 0. The summed E-state index contributed by atoms with van der Waals surface area (Å²) in [5.41, 5.74) is 0. The van der Waals surface area contributed by atoms with Gasteiger partial charge in [0.05, 0.1) is 26.4 Å². The topological polar surface area (TPSA) is 231 Å². The second-order valence-corrected chi connectivity index (χ2v) is 33.6. The predicted octanol–water partition coefficient (Wildman–Crippen LogP) is 29.0. The van der Waals surface area contributed by atoms with Gasteiger partial charge in [0.25, 0.3) is 0 Å². The van der Waals surface area contributed by atoms with Gasteiger partial charge in [-0.05, 0) is 161 Å². The molecule has 0 aromatic heterocycles. The first-order valence-corrected chi connectivity index (χ1v) is 49.7. The molecular weight excluding hydrogens is 1530 g/mol. The van der Waals surface area contributed by atoms with E-state index in [0.717, 1.165) is 193 Å². The number of phosphoric acid groups is 2. The first-order chi connectivity index (χ1) is 58.2. The van der Waals surface area contributed by atoms with Crippen LogP contribution in [0.15, 0.2) is 194 Å². The van der Waals surface area contributed by atoms with Crippen LogP contribution in [0, 0.1) is 0 Å². The van der Waals surface area contributed by atoms with Gasteiger partial charge in [-0.15, -0.1) is 0 Å². The Hall–Kier alpha value is -5.61. The van der Waals surface area contributed by atoms with E-state index < -0.39 is 91.5 Å². The number of ether oxygens (including phenoxy) is 3. The molecule has 0 saturated heterocycles. The van der Waals surface area contributed by atoms with Crippen molar-refractivity contribution >= 4 is 33.6 Å². The van der Waals surface area contributed by atoms with Crippen molar-refractivity contribution in [3.8, 4) is 0 Å². The van der Waals surface area contributed by atoms with Crippen LogP contribution in [-0.4, -0.2) is 95.9 Å². The van der Waals surface area contributed by atoms with Crippen LogP contribution in [0.2, 0.25) is 0 Å². The van der Waals surface area contributed by atoms with Crippen LogP contribution in [0.1, 0.15) is 367 Å². The third kappa shape index (κ3) is 92.9. The Morgan fingerprint density at radius 3 is 0.664 bits per heavy atom. The Morgan fingerprint density at radius 2 is 0.420 bits per heavy atom. The molecule has 16 nitrogen and oxygen atoms in total. The van der Waals surface area contributed by atoms with Crippen molar-refractivity contribution in [1.29, 1.82) is 0 Å². The molecule has 0 spiro atoms. The molecule has 5 atom stereocenters. The Labute approximate surface area is 725 Å². The average molecular weight is 1700 g/mol. The number of esters is 3. The van der Waals surface area contributed by atoms with Gasteiger partial charge in [-0.25, -0.2) is 9.13 Å². The van der Waals surface area contributed by atoms with Crippen LogP contribution in [0.3, 0.4) is 0 Å². The van der Waals surface area contributed by atoms with Gasteiger partial charge in [0.15, 0.2) is 6.10 Å². The van der Waals surface area contributed by atoms with E-state index in [1.54, 1.807) is 0 Å². The number of rotatable bonds is 87. The number of carbonyl (C=O) groups is 3. The summed E-state index contributed by atoms with van der Waals surface area (Å²) in [6.45, 7) is 2.35. The fourth-order valence-electron chi connectivity index (χ4n) is 12.3. The van der Waals surface area contributed by atoms with E-state index in [9.17, 15) is 43.5 Å². The molecule has 4 N–H and O–H groups in total. The maximum Gasteiger partial charge on any atom is 0.472 e. The fourth-order valence-corrected chi connectivity index (χ4v) is 13.9. The van der Waals surface area contributed by atoms with Crippen molar-refractivity contribution in [3.05, 3.63) is 194 Å². The van der Waals surface area contributed by atoms with Crippen LogP contribution in [0.5, 0.6) is 0 Å². The Morgan fingerprint density at radius 1 is 0.235 bits per heavy atom. The summed E-state index contributed by atoms with van der Waals surface area (Å²) < 4.78 is 61.5. The molecule has 0 saturated carbocycles. The van der Waals surface area contributed by atoms with E-state index in [4.69, 9.17) is 32.3 Å². The molecule has 0 fully saturated rings. The highest BCUT2D eigenvalue weighted by molar-refractivity contribution is 7.47. The lowest BCUT2D eigenvalue weighted by atomic mass is 10.0. The van der Waals surface area contributed by atoms with Crippen molar-refractivity contribution in [1.82, 2.24) is 0 Å². The molecule has 5 unspecified atom stereocenters. The van der Waals surface area contributed by atoms with Crippen molar-refractivity contribution < 1.29 is 75.8 Å². The second-order valence-electron chi connectivity index (χ2n) is 30.7. The van der Waals surface area contributed by atoms with Crippen LogP contribution in [0.4, 0.5) is 0 Å². The highest BCUT2D eigenvalue weighted by Crippen LogP contribution is 2.45. The van der Waals surface area contributed by atoms with Crippen molar-refractivity contribution in [2.45, 2.75) is 386 Å². The minimum Gasteiger partial charge on any atom is -0.463 e. The average Bonchev–Trinajstić information content (AvgIpc) is 0.902. The van der Waals surface area contributed by atoms with E-state index in [0.29, 0.717) is 19.3 Å². The van der Waals surface area contributed by atoms with Gasteiger partial charge in [-0.2, -0.15) is 0 Å². The largest absolute Gasteiger partial charge is 0.472 e. The lowest BCUT2D eigenvalue weighted by Crippen LogP contribution is -2.30. The number of aliphatic hydroxyl groups is 2. The number of aliphatic hydroxyl groups excluding tert-OH is 2. The minimum atomic E-state index is -4.95. The maximum absolute atomic E-state index is 13.1. The van der Waals surface area contributed by atoms with Gasteiger partial charge in [0.2, 0.25) is 0 Å². The first-order valence-electron chi connectivity index (χ1n) is 46.7. The normalized spacial score (nSPS) is 14.6. The second kappa shape index (κ2) is 91.6. The highest BCUT2D eigenvalue weighted by atomic mass is 31.2. The van der Waals surface area contributed by atoms with Crippen molar-refractivity contribution in [3.63, 3.8) is 0 Å². The summed E-state index contributed by atoms with van der Waals surface area (Å²) >= 11 is 0. The van der Waals surface area contributed by atoms with Crippen molar-refractivity contribution in [2.24, 2.45) is 0 Å². The number of allylic oxidation sites excluding steroid dienone is 32. The number of phosphoric ester groups is 2. The molecular formula is C101H168O16P2. The van der Waals surface area contributed by atoms with Crippen LogP contribution in [0.25, 0.3) is 0 Å². The molecule has 0 aliphatic heterocycles. The smallest absolute Gasteiger partial charge is 0.463 e. The predicted molar refractivity (Wildman–Crippen MR) is 500 cm³/mol. The Kier molecular flexibility index (Phi) is 87.3. The molecule has 0 bridgehead atoms. The summed E-state index contributed by atoms with van der Waals surface area (Å²) in [6.07, 6.45) is 122. The van der Waals surface area contributed by atoms with Gasteiger partial charge < -0.3 is 34.2 Å². The zero-order valence-electron chi connectivity index (χ0n) is 74.7. The van der Waals surface area contributed by atoms with E-state index in [2.05, 4.69) is 215 Å². The van der Waals surface area contributed by atoms with Crippen LogP contribution in [-0.2, 0) is 55.8 Å². The third-order valence-electron chi connectivity index (χ3n) is 19.3. The molecule has 0 aliphatic carbocycles. The quantitative estimate of drug-likeness (QED) is 0.0146. The first kappa shape index (κ1) is 113. The molecule has 0 radical (unpaired) electrons. The molecule has 0 aliphatic rings. The van der Waals surface area contributed by atoms with E-state index in [1.165, 1.54) is 116 Å². The summed E-state index contributed by atoms with van der Waals surface area (Å²) in [7, 11) is -9.82. The number of hydrogen-bond donors (Lipinski definition) is 4. The minimum absolute atomic E-state index is 0.0770. The zero-order valence-corrected chi connectivity index (χ0v) is 76.5. The molecule has 0 heterocycles. The number of carbonyl (C=O) groups excluding carboxylic acids is 3. The summed E-state index contributed by atoms with van der Waals surface area (Å²) in [5, 5.41) is 20.7. The van der Waals surface area contributed by atoms with Crippen LogP contribution >= 0.6 is 15.6 Å². The lowest BCUT2D eigenvalue weighted by Gasteiger charge is -2.21. The van der Waals surface area contributed by atoms with Gasteiger partial charge in [-0.3, -0.25) is 32.5 Å². The molecule has 678 valence electrons. The van der Waals surface area contributed by atoms with E-state index in [-0.39, 0.29) is 19.3 Å².